The second-order valence-corrected chi connectivity index (χ2v) is 3.21. The van der Waals surface area contributed by atoms with E-state index in [2.05, 4.69) is 12.2 Å². The van der Waals surface area contributed by atoms with Gasteiger partial charge in [-0.15, -0.1) is 0 Å². The Morgan fingerprint density at radius 2 is 2.18 bits per heavy atom. The quantitative estimate of drug-likeness (QED) is 0.604. The maximum absolute atomic E-state index is 10.5. The van der Waals surface area contributed by atoms with Crippen LogP contribution in [0.1, 0.15) is 26.2 Å². The van der Waals surface area contributed by atoms with Gasteiger partial charge in [0.25, 0.3) is 0 Å². The van der Waals surface area contributed by atoms with E-state index in [4.69, 9.17) is 0 Å². The van der Waals surface area contributed by atoms with Crippen molar-refractivity contribution in [3.8, 4) is 0 Å². The van der Waals surface area contributed by atoms with Gasteiger partial charge < -0.3 is 15.6 Å². The van der Waals surface area contributed by atoms with Crippen LogP contribution in [0.3, 0.4) is 0 Å². The van der Waals surface area contributed by atoms with Crippen molar-refractivity contribution in [3.05, 3.63) is 5.21 Å². The predicted molar refractivity (Wildman–Crippen MR) is 46.3 cm³/mol. The third-order valence-corrected chi connectivity index (χ3v) is 2.06. The lowest BCUT2D eigenvalue weighted by atomic mass is 10.1. The van der Waals surface area contributed by atoms with Crippen molar-refractivity contribution in [1.29, 1.82) is 0 Å². The largest absolute Gasteiger partial charge is 0.785 e. The molecular weight excluding hydrogens is 140 g/mol. The number of hydrogen-bond donors (Lipinski definition) is 1. The molecule has 0 atom stereocenters. The fourth-order valence-corrected chi connectivity index (χ4v) is 1.25. The topological polar surface area (TPSA) is 38.3 Å². The summed E-state index contributed by atoms with van der Waals surface area (Å²) in [6.07, 6.45) is 3.80. The van der Waals surface area contributed by atoms with Crippen molar-refractivity contribution in [1.82, 2.24) is 10.4 Å². The van der Waals surface area contributed by atoms with E-state index in [0.717, 1.165) is 11.6 Å². The first-order valence-electron chi connectivity index (χ1n) is 4.48. The van der Waals surface area contributed by atoms with Crippen LogP contribution in [-0.2, 0) is 0 Å². The minimum atomic E-state index is 0.476. The van der Waals surface area contributed by atoms with Gasteiger partial charge in [0.2, 0.25) is 0 Å². The number of hydrogen-bond acceptors (Lipinski definition) is 3. The van der Waals surface area contributed by atoms with E-state index in [9.17, 15) is 5.21 Å². The van der Waals surface area contributed by atoms with Gasteiger partial charge in [-0.1, -0.05) is 19.8 Å². The van der Waals surface area contributed by atoms with Gasteiger partial charge >= 0.3 is 0 Å². The number of unbranched alkanes of at least 4 members (excludes halogenated alkanes) is 2. The summed E-state index contributed by atoms with van der Waals surface area (Å²) in [6.45, 7) is 4.65. The molecule has 1 aliphatic rings. The van der Waals surface area contributed by atoms with Crippen LogP contribution in [-0.4, -0.2) is 30.7 Å². The molecule has 1 saturated heterocycles. The summed E-state index contributed by atoms with van der Waals surface area (Å²) in [4.78, 5) is 0. The van der Waals surface area contributed by atoms with Crippen molar-refractivity contribution >= 4 is 0 Å². The van der Waals surface area contributed by atoms with Crippen molar-refractivity contribution in [2.45, 2.75) is 32.2 Å². The zero-order valence-corrected chi connectivity index (χ0v) is 7.18. The molecule has 0 spiro atoms. The SMILES string of the molecule is CCCCCNC1CN([O-])C1. The van der Waals surface area contributed by atoms with Gasteiger partial charge in [-0.2, -0.15) is 0 Å². The highest BCUT2D eigenvalue weighted by molar-refractivity contribution is 4.85. The van der Waals surface area contributed by atoms with Gasteiger partial charge in [0.05, 0.1) is 0 Å². The first-order chi connectivity index (χ1) is 5.33. The van der Waals surface area contributed by atoms with Gasteiger partial charge in [-0.05, 0) is 13.0 Å². The molecular formula is C8H17N2O-. The first-order valence-corrected chi connectivity index (χ1v) is 4.48. The molecule has 1 fully saturated rings. The molecule has 0 aliphatic carbocycles. The number of nitrogens with zero attached hydrogens (tertiary/aromatic N) is 1. The van der Waals surface area contributed by atoms with Crippen LogP contribution in [0, 0.1) is 5.21 Å². The minimum absolute atomic E-state index is 0.476. The van der Waals surface area contributed by atoms with E-state index in [1.807, 2.05) is 0 Å². The number of nitrogens with one attached hydrogen (secondary N) is 1. The van der Waals surface area contributed by atoms with E-state index >= 15 is 0 Å². The fourth-order valence-electron chi connectivity index (χ4n) is 1.25. The lowest BCUT2D eigenvalue weighted by Crippen LogP contribution is -2.55. The smallest absolute Gasteiger partial charge is 0.0303 e. The van der Waals surface area contributed by atoms with Gasteiger partial charge in [-0.25, -0.2) is 0 Å². The van der Waals surface area contributed by atoms with E-state index < -0.39 is 0 Å². The molecule has 11 heavy (non-hydrogen) atoms. The molecule has 66 valence electrons. The van der Waals surface area contributed by atoms with Crippen LogP contribution < -0.4 is 5.32 Å². The van der Waals surface area contributed by atoms with Crippen LogP contribution >= 0.6 is 0 Å². The van der Waals surface area contributed by atoms with Crippen molar-refractivity contribution < 1.29 is 0 Å². The summed E-state index contributed by atoms with van der Waals surface area (Å²) in [5.74, 6) is 0. The second kappa shape index (κ2) is 4.70. The lowest BCUT2D eigenvalue weighted by molar-refractivity contribution is 0.189. The monoisotopic (exact) mass is 157 g/mol. The molecule has 0 aromatic rings. The minimum Gasteiger partial charge on any atom is -0.785 e. The van der Waals surface area contributed by atoms with Crippen LogP contribution in [0.15, 0.2) is 0 Å². The highest BCUT2D eigenvalue weighted by atomic mass is 16.5. The normalized spacial score (nSPS) is 20.2. The van der Waals surface area contributed by atoms with Gasteiger partial charge in [0, 0.05) is 19.1 Å². The zero-order chi connectivity index (χ0) is 8.10. The van der Waals surface area contributed by atoms with Crippen LogP contribution in [0.5, 0.6) is 0 Å². The molecule has 0 amide bonds. The summed E-state index contributed by atoms with van der Waals surface area (Å²) >= 11 is 0. The molecule has 0 aromatic carbocycles. The second-order valence-electron chi connectivity index (χ2n) is 3.21. The molecule has 0 aromatic heterocycles. The van der Waals surface area contributed by atoms with E-state index in [0.29, 0.717) is 19.1 Å². The average molecular weight is 157 g/mol. The summed E-state index contributed by atoms with van der Waals surface area (Å²) in [5.41, 5.74) is 0. The Balaban J connectivity index is 1.81. The Bertz CT molecular complexity index is 102. The lowest BCUT2D eigenvalue weighted by Gasteiger charge is -2.44. The molecule has 1 heterocycles. The fraction of sp³-hybridized carbons (Fsp3) is 1.00. The molecule has 0 radical (unpaired) electrons. The Morgan fingerprint density at radius 3 is 2.73 bits per heavy atom. The number of hydroxylamine groups is 2. The standard InChI is InChI=1S/C8H17N2O/c1-2-3-4-5-9-8-6-10(11)7-8/h8-9H,2-7H2,1H3/q-1. The highest BCUT2D eigenvalue weighted by Crippen LogP contribution is 2.04. The van der Waals surface area contributed by atoms with Crippen LogP contribution in [0.2, 0.25) is 0 Å². The van der Waals surface area contributed by atoms with Crippen molar-refractivity contribution in [2.24, 2.45) is 0 Å². The molecule has 3 nitrogen and oxygen atoms in total. The molecule has 1 rings (SSSR count). The molecule has 3 heteroatoms. The summed E-state index contributed by atoms with van der Waals surface area (Å²) in [7, 11) is 0. The molecule has 1 aliphatic heterocycles. The average Bonchev–Trinajstić information content (AvgIpc) is 1.94. The molecule has 0 bridgehead atoms. The third-order valence-electron chi connectivity index (χ3n) is 2.06. The zero-order valence-electron chi connectivity index (χ0n) is 7.18. The van der Waals surface area contributed by atoms with Gasteiger partial charge in [0.15, 0.2) is 0 Å². The van der Waals surface area contributed by atoms with E-state index in [-0.39, 0.29) is 0 Å². The summed E-state index contributed by atoms with van der Waals surface area (Å²) in [6, 6.07) is 0.476. The maximum Gasteiger partial charge on any atom is 0.0303 e. The third kappa shape index (κ3) is 3.18. The Labute approximate surface area is 68.3 Å². The Hall–Kier alpha value is -0.120. The van der Waals surface area contributed by atoms with Gasteiger partial charge in [0.1, 0.15) is 0 Å². The Kier molecular flexibility index (Phi) is 3.83. The first kappa shape index (κ1) is 8.97. The maximum atomic E-state index is 10.5. The van der Waals surface area contributed by atoms with E-state index in [1.165, 1.54) is 19.3 Å². The molecule has 0 unspecified atom stereocenters. The number of rotatable bonds is 5. The summed E-state index contributed by atoms with van der Waals surface area (Å²) in [5, 5.41) is 14.9. The van der Waals surface area contributed by atoms with Crippen LogP contribution in [0.4, 0.5) is 0 Å². The molecule has 0 saturated carbocycles. The summed E-state index contributed by atoms with van der Waals surface area (Å²) < 4.78 is 0. The van der Waals surface area contributed by atoms with Crippen LogP contribution in [0.25, 0.3) is 0 Å². The van der Waals surface area contributed by atoms with Crippen molar-refractivity contribution in [2.75, 3.05) is 19.6 Å². The Morgan fingerprint density at radius 1 is 1.45 bits per heavy atom. The van der Waals surface area contributed by atoms with Crippen molar-refractivity contribution in [3.63, 3.8) is 0 Å². The predicted octanol–water partition coefficient (Wildman–Crippen LogP) is 0.948. The van der Waals surface area contributed by atoms with E-state index in [1.54, 1.807) is 0 Å². The highest BCUT2D eigenvalue weighted by Gasteiger charge is 2.17. The van der Waals surface area contributed by atoms with Gasteiger partial charge in [-0.3, -0.25) is 0 Å². The molecule has 1 N–H and O–H groups in total.